The molecule has 0 saturated heterocycles. The maximum atomic E-state index is 13.5. The number of carbonyl (C=O) groups excluding carboxylic acids is 2. The smallest absolute Gasteiger partial charge is 0.326 e. The van der Waals surface area contributed by atoms with E-state index in [0.717, 1.165) is 29.4 Å². The number of aliphatic carboxylic acids is 1. The van der Waals surface area contributed by atoms with Gasteiger partial charge in [-0.1, -0.05) is 35.0 Å². The number of amides is 3. The van der Waals surface area contributed by atoms with Crippen molar-refractivity contribution in [3.8, 4) is 0 Å². The van der Waals surface area contributed by atoms with Crippen molar-refractivity contribution in [1.82, 2.24) is 15.4 Å². The van der Waals surface area contributed by atoms with E-state index in [0.29, 0.717) is 5.69 Å². The fraction of sp³-hybridized carbons (Fsp3) is 0.280. The number of carboxylic acids is 1. The van der Waals surface area contributed by atoms with Gasteiger partial charge in [-0.05, 0) is 87.9 Å². The minimum absolute atomic E-state index is 0.129. The van der Waals surface area contributed by atoms with Crippen LogP contribution in [0.25, 0.3) is 0 Å². The first-order chi connectivity index (χ1) is 17.1. The summed E-state index contributed by atoms with van der Waals surface area (Å²) in [6, 6.07) is 10.5. The van der Waals surface area contributed by atoms with Gasteiger partial charge in [0.1, 0.15) is 12.1 Å². The lowest BCUT2D eigenvalue weighted by atomic mass is 9.93. The van der Waals surface area contributed by atoms with Crippen LogP contribution in [0.5, 0.6) is 0 Å². The van der Waals surface area contributed by atoms with Gasteiger partial charge in [0.15, 0.2) is 0 Å². The summed E-state index contributed by atoms with van der Waals surface area (Å²) >= 11 is 4.47. The zero-order valence-electron chi connectivity index (χ0n) is 19.5. The Morgan fingerprint density at radius 3 is 2.39 bits per heavy atom. The summed E-state index contributed by atoms with van der Waals surface area (Å²) in [5.41, 5.74) is 4.34. The molecule has 1 aliphatic heterocycles. The second kappa shape index (κ2) is 11.2. The summed E-state index contributed by atoms with van der Waals surface area (Å²) in [5, 5.41) is 18.9. The Morgan fingerprint density at radius 2 is 1.78 bits per heavy atom. The summed E-state index contributed by atoms with van der Waals surface area (Å²) in [6.45, 7) is 3.87. The highest BCUT2D eigenvalue weighted by molar-refractivity contribution is 14.1. The van der Waals surface area contributed by atoms with Crippen molar-refractivity contribution in [3.63, 3.8) is 0 Å². The number of benzene rings is 2. The molecular formula is C25H24I2N4O5. The highest BCUT2D eigenvalue weighted by atomic mass is 127. The molecule has 3 N–H and O–H groups in total. The number of carboxylic acid groups (broad SMARTS) is 1. The molecule has 1 unspecified atom stereocenters. The van der Waals surface area contributed by atoms with Crippen molar-refractivity contribution in [2.75, 3.05) is 5.32 Å². The number of urea groups is 1. The van der Waals surface area contributed by atoms with Crippen LogP contribution in [0.15, 0.2) is 47.0 Å². The summed E-state index contributed by atoms with van der Waals surface area (Å²) in [7, 11) is 0. The van der Waals surface area contributed by atoms with Crippen molar-refractivity contribution in [2.24, 2.45) is 0 Å². The van der Waals surface area contributed by atoms with Crippen LogP contribution in [0.3, 0.4) is 0 Å². The Labute approximate surface area is 235 Å². The van der Waals surface area contributed by atoms with Crippen LogP contribution < -0.4 is 10.6 Å². The zero-order valence-corrected chi connectivity index (χ0v) is 23.9. The first-order valence-corrected chi connectivity index (χ1v) is 13.3. The number of hydrogen-bond donors (Lipinski definition) is 3. The number of hydrogen-bond acceptors (Lipinski definition) is 5. The number of nitrogens with zero attached hydrogens (tertiary/aromatic N) is 2. The molecule has 0 aliphatic carbocycles. The van der Waals surface area contributed by atoms with Gasteiger partial charge in [0, 0.05) is 32.6 Å². The van der Waals surface area contributed by atoms with Crippen molar-refractivity contribution >= 4 is 69.0 Å². The van der Waals surface area contributed by atoms with Crippen molar-refractivity contribution in [2.45, 2.75) is 45.3 Å². The molecule has 9 nitrogen and oxygen atoms in total. The van der Waals surface area contributed by atoms with E-state index in [1.54, 1.807) is 13.0 Å². The van der Waals surface area contributed by atoms with E-state index in [1.807, 2.05) is 43.3 Å². The highest BCUT2D eigenvalue weighted by Gasteiger charge is 2.37. The van der Waals surface area contributed by atoms with Gasteiger partial charge in [0.05, 0.1) is 5.69 Å². The van der Waals surface area contributed by atoms with Gasteiger partial charge in [0.25, 0.3) is 0 Å². The molecule has 188 valence electrons. The maximum absolute atomic E-state index is 13.5. The Morgan fingerprint density at radius 1 is 1.11 bits per heavy atom. The molecule has 11 heteroatoms. The number of fused-ring (bicyclic) bond motifs is 1. The molecule has 2 heterocycles. The molecule has 3 amide bonds. The summed E-state index contributed by atoms with van der Waals surface area (Å²) in [6.07, 6.45) is 0.387. The van der Waals surface area contributed by atoms with E-state index in [1.165, 1.54) is 4.90 Å². The second-order valence-electron chi connectivity index (χ2n) is 8.73. The van der Waals surface area contributed by atoms with E-state index in [9.17, 15) is 19.5 Å². The van der Waals surface area contributed by atoms with Gasteiger partial charge in [-0.3, -0.25) is 10.1 Å². The molecule has 2 aromatic carbocycles. The normalized spacial score (nSPS) is 15.7. The van der Waals surface area contributed by atoms with E-state index < -0.39 is 30.0 Å². The van der Waals surface area contributed by atoms with E-state index >= 15 is 0 Å². The van der Waals surface area contributed by atoms with Crippen molar-refractivity contribution in [1.29, 1.82) is 0 Å². The molecule has 0 bridgehead atoms. The van der Waals surface area contributed by atoms with Crippen molar-refractivity contribution < 1.29 is 24.0 Å². The molecule has 0 fully saturated rings. The molecule has 1 aromatic heterocycles. The summed E-state index contributed by atoms with van der Waals surface area (Å²) < 4.78 is 7.20. The average molecular weight is 714 g/mol. The first kappa shape index (κ1) is 26.4. The van der Waals surface area contributed by atoms with Crippen LogP contribution in [0, 0.1) is 21.0 Å². The Kier molecular flexibility index (Phi) is 8.17. The Balaban J connectivity index is 1.59. The molecule has 4 rings (SSSR count). The van der Waals surface area contributed by atoms with Gasteiger partial charge >= 0.3 is 12.0 Å². The van der Waals surface area contributed by atoms with Crippen LogP contribution in [0.1, 0.15) is 27.9 Å². The number of carbonyl (C=O) groups is 3. The van der Waals surface area contributed by atoms with Crippen LogP contribution in [0.2, 0.25) is 0 Å². The van der Waals surface area contributed by atoms with E-state index in [4.69, 9.17) is 4.52 Å². The maximum Gasteiger partial charge on any atom is 0.326 e. The fourth-order valence-electron chi connectivity index (χ4n) is 4.05. The molecule has 0 spiro atoms. The third-order valence-electron chi connectivity index (χ3n) is 5.97. The number of aromatic nitrogens is 1. The standard InChI is InChI=1S/C25H24I2N4O5/c1-13-3-5-15(6-4-13)8-20(24(33)34)28-23(32)21-11-16-9-18(26)19(27)10-17(16)12-31(21)25(35)29-22-7-14(2)30-36-22/h3-7,9-10,20-21H,8,11-12H2,1-2H3,(H,28,32)(H,29,35)(H,33,34)/t20-,21?/m0/s1. The monoisotopic (exact) mass is 714 g/mol. The molecule has 1 aliphatic rings. The largest absolute Gasteiger partial charge is 0.480 e. The number of aryl methyl sites for hydroxylation is 2. The first-order valence-electron chi connectivity index (χ1n) is 11.2. The topological polar surface area (TPSA) is 125 Å². The average Bonchev–Trinajstić information content (AvgIpc) is 3.24. The Hall–Kier alpha value is -2.68. The van der Waals surface area contributed by atoms with Crippen LogP contribution >= 0.6 is 45.2 Å². The number of nitrogens with one attached hydrogen (secondary N) is 2. The SMILES string of the molecule is Cc1ccc(C[C@H](NC(=O)C2Cc3cc(I)c(I)cc3CN2C(=O)Nc2cc(C)no2)C(=O)O)cc1. The molecular weight excluding hydrogens is 690 g/mol. The molecule has 3 aromatic rings. The summed E-state index contributed by atoms with van der Waals surface area (Å²) in [4.78, 5) is 40.1. The minimum atomic E-state index is -1.14. The number of halogens is 2. The lowest BCUT2D eigenvalue weighted by Crippen LogP contribution is -2.56. The number of rotatable bonds is 6. The minimum Gasteiger partial charge on any atom is -0.480 e. The molecule has 0 radical (unpaired) electrons. The molecule has 2 atom stereocenters. The van der Waals surface area contributed by atoms with Gasteiger partial charge in [-0.25, -0.2) is 9.59 Å². The fourth-order valence-corrected chi connectivity index (χ4v) is 5.12. The molecule has 36 heavy (non-hydrogen) atoms. The van der Waals surface area contributed by atoms with Crippen LogP contribution in [-0.2, 0) is 29.0 Å². The van der Waals surface area contributed by atoms with Gasteiger partial charge in [-0.2, -0.15) is 0 Å². The molecule has 0 saturated carbocycles. The summed E-state index contributed by atoms with van der Waals surface area (Å²) in [5.74, 6) is -1.50. The quantitative estimate of drug-likeness (QED) is 0.328. The van der Waals surface area contributed by atoms with E-state index in [-0.39, 0.29) is 25.3 Å². The van der Waals surface area contributed by atoms with Gasteiger partial charge in [0.2, 0.25) is 11.8 Å². The second-order valence-corrected chi connectivity index (χ2v) is 11.1. The van der Waals surface area contributed by atoms with Gasteiger partial charge < -0.3 is 19.8 Å². The number of anilines is 1. The zero-order chi connectivity index (χ0) is 26.0. The highest BCUT2D eigenvalue weighted by Crippen LogP contribution is 2.29. The Bertz CT molecular complexity index is 1310. The van der Waals surface area contributed by atoms with Gasteiger partial charge in [-0.15, -0.1) is 0 Å². The lowest BCUT2D eigenvalue weighted by Gasteiger charge is -2.36. The third-order valence-corrected chi connectivity index (χ3v) is 8.79. The van der Waals surface area contributed by atoms with Crippen molar-refractivity contribution in [3.05, 3.63) is 77.6 Å². The predicted octanol–water partition coefficient (Wildman–Crippen LogP) is 4.27. The van der Waals surface area contributed by atoms with Crippen LogP contribution in [-0.4, -0.2) is 45.2 Å². The third kappa shape index (κ3) is 6.17. The van der Waals surface area contributed by atoms with Crippen LogP contribution in [0.4, 0.5) is 10.7 Å². The predicted molar refractivity (Wildman–Crippen MR) is 150 cm³/mol. The van der Waals surface area contributed by atoms with E-state index in [2.05, 4.69) is 61.0 Å². The lowest BCUT2D eigenvalue weighted by molar-refractivity contribution is -0.142.